The van der Waals surface area contributed by atoms with Crippen LogP contribution in [0.5, 0.6) is 0 Å². The molecule has 0 aliphatic carbocycles. The SMILES string of the molecule is Cc1ccc(C(=O)NCCNC(=O)CCC(C)C)cc1F. The quantitative estimate of drug-likeness (QED) is 0.759. The van der Waals surface area contributed by atoms with Gasteiger partial charge in [-0.15, -0.1) is 0 Å². The van der Waals surface area contributed by atoms with Crippen LogP contribution in [-0.2, 0) is 4.79 Å². The average molecular weight is 294 g/mol. The maximum atomic E-state index is 13.3. The molecular formula is C16H23FN2O2. The Morgan fingerprint density at radius 2 is 1.86 bits per heavy atom. The number of benzene rings is 1. The van der Waals surface area contributed by atoms with Crippen molar-refractivity contribution in [2.75, 3.05) is 13.1 Å². The fraction of sp³-hybridized carbons (Fsp3) is 0.500. The Labute approximate surface area is 125 Å². The summed E-state index contributed by atoms with van der Waals surface area (Å²) in [6.07, 6.45) is 1.34. The van der Waals surface area contributed by atoms with Crippen LogP contribution in [-0.4, -0.2) is 24.9 Å². The highest BCUT2D eigenvalue weighted by Gasteiger charge is 2.08. The Morgan fingerprint density at radius 3 is 2.48 bits per heavy atom. The maximum absolute atomic E-state index is 13.3. The zero-order valence-electron chi connectivity index (χ0n) is 12.8. The summed E-state index contributed by atoms with van der Waals surface area (Å²) in [6, 6.07) is 4.36. The Hall–Kier alpha value is -1.91. The van der Waals surface area contributed by atoms with Gasteiger partial charge in [0, 0.05) is 25.1 Å². The monoisotopic (exact) mass is 294 g/mol. The lowest BCUT2D eigenvalue weighted by Gasteiger charge is -2.08. The molecule has 0 heterocycles. The minimum absolute atomic E-state index is 0.0145. The van der Waals surface area contributed by atoms with Gasteiger partial charge in [-0.2, -0.15) is 0 Å². The third-order valence-electron chi connectivity index (χ3n) is 3.12. The minimum Gasteiger partial charge on any atom is -0.354 e. The molecule has 2 N–H and O–H groups in total. The van der Waals surface area contributed by atoms with Gasteiger partial charge < -0.3 is 10.6 Å². The summed E-state index contributed by atoms with van der Waals surface area (Å²) in [5.74, 6) is -0.263. The Balaban J connectivity index is 2.27. The minimum atomic E-state index is -0.398. The van der Waals surface area contributed by atoms with E-state index in [2.05, 4.69) is 24.5 Å². The van der Waals surface area contributed by atoms with Gasteiger partial charge in [-0.05, 0) is 37.0 Å². The molecular weight excluding hydrogens is 271 g/mol. The lowest BCUT2D eigenvalue weighted by Crippen LogP contribution is -2.34. The van der Waals surface area contributed by atoms with E-state index in [1.807, 2.05) is 0 Å². The number of carbonyl (C=O) groups is 2. The summed E-state index contributed by atoms with van der Waals surface area (Å²) in [6.45, 7) is 6.46. The normalized spacial score (nSPS) is 10.5. The highest BCUT2D eigenvalue weighted by atomic mass is 19.1. The number of aryl methyl sites for hydroxylation is 1. The van der Waals surface area contributed by atoms with Crippen molar-refractivity contribution < 1.29 is 14.0 Å². The van der Waals surface area contributed by atoms with Crippen LogP contribution < -0.4 is 10.6 Å². The second-order valence-electron chi connectivity index (χ2n) is 5.50. The summed E-state index contributed by atoms with van der Waals surface area (Å²) in [7, 11) is 0. The van der Waals surface area contributed by atoms with Gasteiger partial charge in [0.2, 0.25) is 5.91 Å². The van der Waals surface area contributed by atoms with Crippen LogP contribution in [0.3, 0.4) is 0 Å². The number of nitrogens with one attached hydrogen (secondary N) is 2. The molecule has 0 fully saturated rings. The smallest absolute Gasteiger partial charge is 0.251 e. The Kier molecular flexibility index (Phi) is 6.85. The van der Waals surface area contributed by atoms with Crippen LogP contribution in [0.4, 0.5) is 4.39 Å². The zero-order chi connectivity index (χ0) is 15.8. The molecule has 5 heteroatoms. The van der Waals surface area contributed by atoms with Gasteiger partial charge in [0.1, 0.15) is 5.82 Å². The van der Waals surface area contributed by atoms with Gasteiger partial charge in [0.05, 0.1) is 0 Å². The van der Waals surface area contributed by atoms with E-state index in [9.17, 15) is 14.0 Å². The van der Waals surface area contributed by atoms with E-state index >= 15 is 0 Å². The van der Waals surface area contributed by atoms with Gasteiger partial charge in [-0.3, -0.25) is 9.59 Å². The first-order valence-electron chi connectivity index (χ1n) is 7.21. The fourth-order valence-electron chi connectivity index (χ4n) is 1.72. The highest BCUT2D eigenvalue weighted by Crippen LogP contribution is 2.08. The molecule has 0 saturated carbocycles. The van der Waals surface area contributed by atoms with Gasteiger partial charge in [-0.1, -0.05) is 19.9 Å². The predicted octanol–water partition coefficient (Wildman–Crippen LogP) is 2.42. The number of hydrogen-bond acceptors (Lipinski definition) is 2. The third kappa shape index (κ3) is 6.38. The largest absolute Gasteiger partial charge is 0.354 e. The number of carbonyl (C=O) groups excluding carboxylic acids is 2. The molecule has 4 nitrogen and oxygen atoms in total. The van der Waals surface area contributed by atoms with Crippen molar-refractivity contribution >= 4 is 11.8 Å². The number of rotatable bonds is 7. The Morgan fingerprint density at radius 1 is 1.19 bits per heavy atom. The molecule has 0 unspecified atom stereocenters. The second-order valence-corrected chi connectivity index (χ2v) is 5.50. The van der Waals surface area contributed by atoms with Crippen LogP contribution in [0.2, 0.25) is 0 Å². The van der Waals surface area contributed by atoms with Crippen molar-refractivity contribution in [2.24, 2.45) is 5.92 Å². The van der Waals surface area contributed by atoms with Crippen LogP contribution in [0, 0.1) is 18.7 Å². The van der Waals surface area contributed by atoms with E-state index in [0.717, 1.165) is 6.42 Å². The first kappa shape index (κ1) is 17.1. The molecule has 116 valence electrons. The molecule has 0 aromatic heterocycles. The first-order chi connectivity index (χ1) is 9.90. The highest BCUT2D eigenvalue weighted by molar-refractivity contribution is 5.94. The lowest BCUT2D eigenvalue weighted by atomic mass is 10.1. The zero-order valence-corrected chi connectivity index (χ0v) is 12.8. The topological polar surface area (TPSA) is 58.2 Å². The van der Waals surface area contributed by atoms with Crippen molar-refractivity contribution in [3.8, 4) is 0 Å². The average Bonchev–Trinajstić information content (AvgIpc) is 2.44. The van der Waals surface area contributed by atoms with E-state index in [4.69, 9.17) is 0 Å². The molecule has 0 aliphatic heterocycles. The van der Waals surface area contributed by atoms with E-state index in [0.29, 0.717) is 31.0 Å². The van der Waals surface area contributed by atoms with Crippen LogP contribution in [0.15, 0.2) is 18.2 Å². The van der Waals surface area contributed by atoms with Gasteiger partial charge in [-0.25, -0.2) is 4.39 Å². The van der Waals surface area contributed by atoms with Gasteiger partial charge in [0.25, 0.3) is 5.91 Å². The van der Waals surface area contributed by atoms with E-state index in [1.54, 1.807) is 19.1 Å². The predicted molar refractivity (Wildman–Crippen MR) is 80.6 cm³/mol. The standard InChI is InChI=1S/C16H23FN2O2/c1-11(2)4-7-15(20)18-8-9-19-16(21)13-6-5-12(3)14(17)10-13/h5-6,10-11H,4,7-9H2,1-3H3,(H,18,20)(H,19,21). The summed E-state index contributed by atoms with van der Waals surface area (Å²) >= 11 is 0. The summed E-state index contributed by atoms with van der Waals surface area (Å²) in [5.41, 5.74) is 0.785. The molecule has 0 radical (unpaired) electrons. The van der Waals surface area contributed by atoms with E-state index < -0.39 is 5.82 Å². The van der Waals surface area contributed by atoms with E-state index in [1.165, 1.54) is 6.07 Å². The van der Waals surface area contributed by atoms with Gasteiger partial charge in [0.15, 0.2) is 0 Å². The maximum Gasteiger partial charge on any atom is 0.251 e. The lowest BCUT2D eigenvalue weighted by molar-refractivity contribution is -0.121. The molecule has 0 atom stereocenters. The first-order valence-corrected chi connectivity index (χ1v) is 7.21. The second kappa shape index (κ2) is 8.39. The molecule has 21 heavy (non-hydrogen) atoms. The van der Waals surface area contributed by atoms with Crippen molar-refractivity contribution in [3.63, 3.8) is 0 Å². The number of hydrogen-bond donors (Lipinski definition) is 2. The number of halogens is 1. The van der Waals surface area contributed by atoms with Gasteiger partial charge >= 0.3 is 0 Å². The summed E-state index contributed by atoms with van der Waals surface area (Å²) < 4.78 is 13.3. The molecule has 2 amide bonds. The molecule has 0 spiro atoms. The third-order valence-corrected chi connectivity index (χ3v) is 3.12. The van der Waals surface area contributed by atoms with E-state index in [-0.39, 0.29) is 17.4 Å². The molecule has 1 aromatic carbocycles. The molecule has 0 bridgehead atoms. The molecule has 1 aromatic rings. The number of amides is 2. The summed E-state index contributed by atoms with van der Waals surface area (Å²) in [4.78, 5) is 23.2. The molecule has 0 aliphatic rings. The van der Waals surface area contributed by atoms with Crippen LogP contribution >= 0.6 is 0 Å². The van der Waals surface area contributed by atoms with Crippen LogP contribution in [0.25, 0.3) is 0 Å². The van der Waals surface area contributed by atoms with Crippen molar-refractivity contribution in [1.82, 2.24) is 10.6 Å². The van der Waals surface area contributed by atoms with Crippen LogP contribution in [0.1, 0.15) is 42.6 Å². The molecule has 1 rings (SSSR count). The van der Waals surface area contributed by atoms with Crippen molar-refractivity contribution in [2.45, 2.75) is 33.6 Å². The Bertz CT molecular complexity index is 501. The molecule has 0 saturated heterocycles. The van der Waals surface area contributed by atoms with Crippen molar-refractivity contribution in [3.05, 3.63) is 35.1 Å². The fourth-order valence-corrected chi connectivity index (χ4v) is 1.72. The van der Waals surface area contributed by atoms with Crippen molar-refractivity contribution in [1.29, 1.82) is 0 Å². The summed E-state index contributed by atoms with van der Waals surface area (Å²) in [5, 5.41) is 5.38.